The van der Waals surface area contributed by atoms with Crippen molar-refractivity contribution >= 4 is 0 Å². The lowest BCUT2D eigenvalue weighted by molar-refractivity contribution is 0.307. The molecule has 4 heteroatoms. The van der Waals surface area contributed by atoms with Crippen molar-refractivity contribution in [3.63, 3.8) is 0 Å². The maximum atomic E-state index is 5.34. The molecule has 0 bridgehead atoms. The summed E-state index contributed by atoms with van der Waals surface area (Å²) in [5.74, 6) is 3.13. The zero-order chi connectivity index (χ0) is 10.8. The van der Waals surface area contributed by atoms with Gasteiger partial charge in [0.05, 0.1) is 0 Å². The van der Waals surface area contributed by atoms with E-state index in [9.17, 15) is 0 Å². The number of nitrogens with one attached hydrogen (secondary N) is 1. The largest absolute Gasteiger partial charge is 0.339 e. The molecule has 1 aromatic heterocycles. The summed E-state index contributed by atoms with van der Waals surface area (Å²) in [7, 11) is 0. The minimum atomic E-state index is 0.588. The summed E-state index contributed by atoms with van der Waals surface area (Å²) in [4.78, 5) is 4.53. The molecule has 1 aliphatic heterocycles. The maximum Gasteiger partial charge on any atom is 0.226 e. The average Bonchev–Trinajstić information content (AvgIpc) is 2.65. The van der Waals surface area contributed by atoms with Crippen LogP contribution in [-0.4, -0.2) is 23.2 Å². The van der Waals surface area contributed by atoms with Gasteiger partial charge in [-0.15, -0.1) is 0 Å². The van der Waals surface area contributed by atoms with Gasteiger partial charge >= 0.3 is 0 Å². The van der Waals surface area contributed by atoms with Gasteiger partial charge in [-0.25, -0.2) is 0 Å². The third-order valence-electron chi connectivity index (χ3n) is 3.88. The topological polar surface area (TPSA) is 51.0 Å². The zero-order valence-electron chi connectivity index (χ0n) is 9.61. The lowest BCUT2D eigenvalue weighted by Crippen LogP contribution is -2.28. The van der Waals surface area contributed by atoms with Crippen molar-refractivity contribution < 1.29 is 4.52 Å². The SMILES string of the molecule is C1CC(c2noc(CC3CCNCC3)n2)C1. The molecule has 88 valence electrons. The van der Waals surface area contributed by atoms with Gasteiger partial charge in [-0.3, -0.25) is 0 Å². The molecule has 3 rings (SSSR count). The van der Waals surface area contributed by atoms with Crippen LogP contribution >= 0.6 is 0 Å². The normalized spacial score (nSPS) is 23.2. The van der Waals surface area contributed by atoms with Crippen molar-refractivity contribution in [3.05, 3.63) is 11.7 Å². The van der Waals surface area contributed by atoms with Crippen molar-refractivity contribution in [1.29, 1.82) is 0 Å². The van der Waals surface area contributed by atoms with Gasteiger partial charge in [0.25, 0.3) is 0 Å². The first-order valence-corrected chi connectivity index (χ1v) is 6.45. The molecule has 2 heterocycles. The molecule has 0 unspecified atom stereocenters. The number of rotatable bonds is 3. The van der Waals surface area contributed by atoms with Crippen LogP contribution in [0.25, 0.3) is 0 Å². The first kappa shape index (κ1) is 10.3. The van der Waals surface area contributed by atoms with Crippen molar-refractivity contribution in [2.45, 2.75) is 44.4 Å². The molecule has 4 nitrogen and oxygen atoms in total. The first-order valence-electron chi connectivity index (χ1n) is 6.45. The Kier molecular flexibility index (Phi) is 2.91. The molecule has 2 aliphatic rings. The Morgan fingerprint density at radius 1 is 1.19 bits per heavy atom. The fourth-order valence-electron chi connectivity index (χ4n) is 2.52. The van der Waals surface area contributed by atoms with Gasteiger partial charge < -0.3 is 9.84 Å². The molecule has 1 saturated heterocycles. The van der Waals surface area contributed by atoms with Crippen LogP contribution in [0.4, 0.5) is 0 Å². The quantitative estimate of drug-likeness (QED) is 0.846. The Morgan fingerprint density at radius 2 is 2.00 bits per heavy atom. The van der Waals surface area contributed by atoms with E-state index in [2.05, 4.69) is 15.5 Å². The van der Waals surface area contributed by atoms with E-state index in [4.69, 9.17) is 4.52 Å². The molecule has 0 radical (unpaired) electrons. The van der Waals surface area contributed by atoms with Gasteiger partial charge in [0, 0.05) is 12.3 Å². The molecule has 0 amide bonds. The van der Waals surface area contributed by atoms with Crippen LogP contribution in [-0.2, 0) is 6.42 Å². The van der Waals surface area contributed by atoms with Crippen LogP contribution in [0.5, 0.6) is 0 Å². The molecule has 1 saturated carbocycles. The summed E-state index contributed by atoms with van der Waals surface area (Å²) in [5.41, 5.74) is 0. The van der Waals surface area contributed by atoms with E-state index >= 15 is 0 Å². The van der Waals surface area contributed by atoms with E-state index in [0.717, 1.165) is 37.1 Å². The Balaban J connectivity index is 1.58. The van der Waals surface area contributed by atoms with Crippen molar-refractivity contribution in [3.8, 4) is 0 Å². The molecule has 1 N–H and O–H groups in total. The molecule has 1 aliphatic carbocycles. The maximum absolute atomic E-state index is 5.34. The minimum Gasteiger partial charge on any atom is -0.339 e. The van der Waals surface area contributed by atoms with E-state index in [1.165, 1.54) is 32.1 Å². The minimum absolute atomic E-state index is 0.588. The Bertz CT molecular complexity index is 340. The van der Waals surface area contributed by atoms with E-state index in [-0.39, 0.29) is 0 Å². The van der Waals surface area contributed by atoms with Gasteiger partial charge in [-0.2, -0.15) is 4.98 Å². The highest BCUT2D eigenvalue weighted by atomic mass is 16.5. The third kappa shape index (κ3) is 2.12. The summed E-state index contributed by atoms with van der Waals surface area (Å²) >= 11 is 0. The first-order chi connectivity index (χ1) is 7.92. The molecule has 16 heavy (non-hydrogen) atoms. The molecule has 2 fully saturated rings. The zero-order valence-corrected chi connectivity index (χ0v) is 9.61. The van der Waals surface area contributed by atoms with E-state index in [0.29, 0.717) is 5.92 Å². The lowest BCUT2D eigenvalue weighted by atomic mass is 9.85. The van der Waals surface area contributed by atoms with Crippen molar-refractivity contribution in [2.24, 2.45) is 5.92 Å². The molecule has 1 aromatic rings. The van der Waals surface area contributed by atoms with Gasteiger partial charge in [-0.1, -0.05) is 11.6 Å². The standard InChI is InChI=1S/C12H19N3O/c1-2-10(3-1)12-14-11(16-15-12)8-9-4-6-13-7-5-9/h9-10,13H,1-8H2. The fraction of sp³-hybridized carbons (Fsp3) is 0.833. The molecule has 0 atom stereocenters. The van der Waals surface area contributed by atoms with E-state index in [1.54, 1.807) is 0 Å². The lowest BCUT2D eigenvalue weighted by Gasteiger charge is -2.21. The average molecular weight is 221 g/mol. The number of hydrogen-bond acceptors (Lipinski definition) is 4. The molecular weight excluding hydrogens is 202 g/mol. The predicted molar refractivity (Wildman–Crippen MR) is 60.2 cm³/mol. The summed E-state index contributed by atoms with van der Waals surface area (Å²) < 4.78 is 5.34. The fourth-order valence-corrected chi connectivity index (χ4v) is 2.52. The summed E-state index contributed by atoms with van der Waals surface area (Å²) in [6, 6.07) is 0. The van der Waals surface area contributed by atoms with Gasteiger partial charge in [-0.05, 0) is 44.7 Å². The summed E-state index contributed by atoms with van der Waals surface area (Å²) in [6.45, 7) is 2.27. The number of piperidine rings is 1. The highest BCUT2D eigenvalue weighted by Gasteiger charge is 2.25. The predicted octanol–water partition coefficient (Wildman–Crippen LogP) is 1.88. The Hall–Kier alpha value is -0.900. The van der Waals surface area contributed by atoms with E-state index < -0.39 is 0 Å². The van der Waals surface area contributed by atoms with Crippen LogP contribution in [0, 0.1) is 5.92 Å². The van der Waals surface area contributed by atoms with Crippen molar-refractivity contribution in [2.75, 3.05) is 13.1 Å². The number of hydrogen-bond donors (Lipinski definition) is 1. The third-order valence-corrected chi connectivity index (χ3v) is 3.88. The van der Waals surface area contributed by atoms with Crippen molar-refractivity contribution in [1.82, 2.24) is 15.5 Å². The molecule has 0 spiro atoms. The van der Waals surface area contributed by atoms with Gasteiger partial charge in [0.1, 0.15) is 0 Å². The number of nitrogens with zero attached hydrogens (tertiary/aromatic N) is 2. The summed E-state index contributed by atoms with van der Waals surface area (Å²) in [6.07, 6.45) is 7.26. The van der Waals surface area contributed by atoms with E-state index in [1.807, 2.05) is 0 Å². The van der Waals surface area contributed by atoms with Crippen LogP contribution in [0.2, 0.25) is 0 Å². The van der Waals surface area contributed by atoms with Crippen LogP contribution in [0.3, 0.4) is 0 Å². The number of aromatic nitrogens is 2. The second-order valence-electron chi connectivity index (χ2n) is 5.07. The summed E-state index contributed by atoms with van der Waals surface area (Å²) in [5, 5.41) is 7.48. The Morgan fingerprint density at radius 3 is 2.69 bits per heavy atom. The molecular formula is C12H19N3O. The van der Waals surface area contributed by atoms with Crippen LogP contribution in [0.1, 0.15) is 49.7 Å². The van der Waals surface area contributed by atoms with Gasteiger partial charge in [0.2, 0.25) is 5.89 Å². The second-order valence-corrected chi connectivity index (χ2v) is 5.07. The van der Waals surface area contributed by atoms with Gasteiger partial charge in [0.15, 0.2) is 5.82 Å². The smallest absolute Gasteiger partial charge is 0.226 e. The monoisotopic (exact) mass is 221 g/mol. The Labute approximate surface area is 95.8 Å². The second kappa shape index (κ2) is 4.53. The molecule has 0 aromatic carbocycles. The van der Waals surface area contributed by atoms with Crippen LogP contribution < -0.4 is 5.32 Å². The highest BCUT2D eigenvalue weighted by Crippen LogP contribution is 2.34. The highest BCUT2D eigenvalue weighted by molar-refractivity contribution is 5.00. The van der Waals surface area contributed by atoms with Crippen LogP contribution in [0.15, 0.2) is 4.52 Å².